The Kier molecular flexibility index (Phi) is 3.26. The van der Waals surface area contributed by atoms with E-state index in [-0.39, 0.29) is 18.9 Å². The molecule has 0 saturated heterocycles. The average Bonchev–Trinajstić information content (AvgIpc) is 2.86. The molecular weight excluding hydrogens is 236 g/mol. The third-order valence-corrected chi connectivity index (χ3v) is 2.68. The number of amides is 1. The summed E-state index contributed by atoms with van der Waals surface area (Å²) in [6.07, 6.45) is 2.94. The van der Waals surface area contributed by atoms with E-state index in [0.717, 1.165) is 0 Å². The molecule has 2 rings (SSSR count). The number of aliphatic hydroxyl groups excluding tert-OH is 2. The maximum Gasteiger partial charge on any atom is 0.271 e. The van der Waals surface area contributed by atoms with Gasteiger partial charge in [-0.3, -0.25) is 4.79 Å². The van der Waals surface area contributed by atoms with Gasteiger partial charge in [0.25, 0.3) is 5.91 Å². The number of aromatic amines is 1. The van der Waals surface area contributed by atoms with E-state index in [1.165, 1.54) is 6.33 Å². The van der Waals surface area contributed by atoms with Crippen LogP contribution in [0.1, 0.15) is 17.4 Å². The average molecular weight is 250 g/mol. The number of carbonyl (C=O) groups excluding carboxylic acids is 1. The lowest BCUT2D eigenvalue weighted by Gasteiger charge is -2.25. The Morgan fingerprint density at radius 2 is 2.17 bits per heavy atom. The van der Waals surface area contributed by atoms with E-state index in [1.54, 1.807) is 19.2 Å². The van der Waals surface area contributed by atoms with Crippen molar-refractivity contribution < 1.29 is 15.0 Å². The van der Waals surface area contributed by atoms with Crippen molar-refractivity contribution in [2.45, 2.75) is 12.5 Å². The second kappa shape index (κ2) is 4.71. The molecule has 0 fully saturated rings. The van der Waals surface area contributed by atoms with Gasteiger partial charge in [0.1, 0.15) is 17.7 Å². The van der Waals surface area contributed by atoms with Gasteiger partial charge in [0, 0.05) is 6.20 Å². The molecule has 0 aliphatic carbocycles. The summed E-state index contributed by atoms with van der Waals surface area (Å²) < 4.78 is 0. The molecule has 0 aliphatic rings. The monoisotopic (exact) mass is 250 g/mol. The first-order valence-corrected chi connectivity index (χ1v) is 5.42. The third-order valence-electron chi connectivity index (χ3n) is 2.68. The van der Waals surface area contributed by atoms with E-state index in [0.29, 0.717) is 11.0 Å². The van der Waals surface area contributed by atoms with Crippen LogP contribution in [0.4, 0.5) is 0 Å². The maximum absolute atomic E-state index is 12.1. The van der Waals surface area contributed by atoms with Crippen molar-refractivity contribution in [3.8, 4) is 0 Å². The lowest BCUT2D eigenvalue weighted by atomic mass is 10.1. The number of rotatable bonds is 4. The number of hydrogen-bond donors (Lipinski definition) is 4. The van der Waals surface area contributed by atoms with Crippen LogP contribution in [0.25, 0.3) is 11.0 Å². The van der Waals surface area contributed by atoms with Gasteiger partial charge >= 0.3 is 0 Å². The second-order valence-electron chi connectivity index (χ2n) is 4.29. The molecular formula is C11H14N4O3. The number of hydrogen-bond acceptors (Lipinski definition) is 5. The zero-order chi connectivity index (χ0) is 13.2. The van der Waals surface area contributed by atoms with Crippen LogP contribution < -0.4 is 5.32 Å². The largest absolute Gasteiger partial charge is 0.394 e. The molecule has 0 unspecified atom stereocenters. The number of aromatic nitrogens is 3. The Morgan fingerprint density at radius 1 is 1.44 bits per heavy atom. The van der Waals surface area contributed by atoms with E-state index >= 15 is 0 Å². The first kappa shape index (κ1) is 12.5. The summed E-state index contributed by atoms with van der Waals surface area (Å²) in [7, 11) is 0. The van der Waals surface area contributed by atoms with Gasteiger partial charge < -0.3 is 20.5 Å². The fourth-order valence-corrected chi connectivity index (χ4v) is 1.52. The van der Waals surface area contributed by atoms with Gasteiger partial charge in [0.05, 0.1) is 24.1 Å². The minimum Gasteiger partial charge on any atom is -0.394 e. The van der Waals surface area contributed by atoms with Gasteiger partial charge in [-0.1, -0.05) is 0 Å². The molecule has 0 spiro atoms. The van der Waals surface area contributed by atoms with Crippen LogP contribution in [0.5, 0.6) is 0 Å². The standard InChI is InChI=1S/C11H14N4O3/c1-11(4-16,5-17)15-10(18)8-7-2-3-12-9(7)14-6-13-8/h2-3,6,16-17H,4-5H2,1H3,(H,15,18)(H,12,13,14). The number of nitrogens with one attached hydrogen (secondary N) is 2. The molecule has 0 radical (unpaired) electrons. The van der Waals surface area contributed by atoms with E-state index in [1.807, 2.05) is 0 Å². The number of carbonyl (C=O) groups is 1. The van der Waals surface area contributed by atoms with Crippen molar-refractivity contribution >= 4 is 16.9 Å². The Hall–Kier alpha value is -1.99. The lowest BCUT2D eigenvalue weighted by molar-refractivity contribution is 0.0721. The summed E-state index contributed by atoms with van der Waals surface area (Å²) in [5.41, 5.74) is -0.316. The van der Waals surface area contributed by atoms with Crippen LogP contribution >= 0.6 is 0 Å². The van der Waals surface area contributed by atoms with Crippen molar-refractivity contribution in [1.82, 2.24) is 20.3 Å². The van der Waals surface area contributed by atoms with Crippen LogP contribution in [0.3, 0.4) is 0 Å². The lowest BCUT2D eigenvalue weighted by Crippen LogP contribution is -2.51. The molecule has 0 aromatic carbocycles. The second-order valence-corrected chi connectivity index (χ2v) is 4.29. The molecule has 96 valence electrons. The van der Waals surface area contributed by atoms with Gasteiger partial charge in [-0.2, -0.15) is 0 Å². The van der Waals surface area contributed by atoms with Crippen LogP contribution in [0.15, 0.2) is 18.6 Å². The SMILES string of the molecule is CC(CO)(CO)NC(=O)c1ncnc2[nH]ccc12. The van der Waals surface area contributed by atoms with Gasteiger partial charge in [0.2, 0.25) is 0 Å². The van der Waals surface area contributed by atoms with Crippen LogP contribution in [-0.2, 0) is 0 Å². The van der Waals surface area contributed by atoms with Crippen molar-refractivity contribution in [1.29, 1.82) is 0 Å². The predicted molar refractivity (Wildman–Crippen MR) is 63.9 cm³/mol. The first-order valence-electron chi connectivity index (χ1n) is 5.42. The van der Waals surface area contributed by atoms with Gasteiger partial charge in [-0.05, 0) is 13.0 Å². The smallest absolute Gasteiger partial charge is 0.271 e. The minimum absolute atomic E-state index is 0.203. The molecule has 0 atom stereocenters. The Labute approximate surface area is 103 Å². The summed E-state index contributed by atoms with van der Waals surface area (Å²) in [4.78, 5) is 22.8. The molecule has 0 aliphatic heterocycles. The van der Waals surface area contributed by atoms with Crippen molar-refractivity contribution in [2.75, 3.05) is 13.2 Å². The molecule has 0 bridgehead atoms. The first-order chi connectivity index (χ1) is 8.59. The molecule has 7 heteroatoms. The van der Waals surface area contributed by atoms with E-state index < -0.39 is 11.4 Å². The normalized spacial score (nSPS) is 11.7. The quantitative estimate of drug-likeness (QED) is 0.580. The van der Waals surface area contributed by atoms with Crippen LogP contribution in [0, 0.1) is 0 Å². The van der Waals surface area contributed by atoms with E-state index in [2.05, 4.69) is 20.3 Å². The highest BCUT2D eigenvalue weighted by molar-refractivity contribution is 6.03. The van der Waals surface area contributed by atoms with Crippen LogP contribution in [-0.4, -0.2) is 49.8 Å². The number of nitrogens with zero attached hydrogens (tertiary/aromatic N) is 2. The molecule has 7 nitrogen and oxygen atoms in total. The molecule has 2 aromatic heterocycles. The highest BCUT2D eigenvalue weighted by Gasteiger charge is 2.26. The fourth-order valence-electron chi connectivity index (χ4n) is 1.52. The molecule has 1 amide bonds. The van der Waals surface area contributed by atoms with Crippen LogP contribution in [0.2, 0.25) is 0 Å². The highest BCUT2D eigenvalue weighted by atomic mass is 16.3. The summed E-state index contributed by atoms with van der Waals surface area (Å²) in [6.45, 7) is 0.813. The number of fused-ring (bicyclic) bond motifs is 1. The molecule has 2 aromatic rings. The zero-order valence-electron chi connectivity index (χ0n) is 9.84. The Balaban J connectivity index is 2.31. The number of aliphatic hydroxyl groups is 2. The van der Waals surface area contributed by atoms with Crippen molar-refractivity contribution in [3.05, 3.63) is 24.3 Å². The summed E-state index contributed by atoms with van der Waals surface area (Å²) in [5.74, 6) is -0.465. The zero-order valence-corrected chi connectivity index (χ0v) is 9.84. The van der Waals surface area contributed by atoms with Gasteiger partial charge in [-0.15, -0.1) is 0 Å². The Morgan fingerprint density at radius 3 is 2.83 bits per heavy atom. The molecule has 4 N–H and O–H groups in total. The predicted octanol–water partition coefficient (Wildman–Crippen LogP) is -0.569. The van der Waals surface area contributed by atoms with E-state index in [4.69, 9.17) is 10.2 Å². The Bertz CT molecular complexity index is 562. The van der Waals surface area contributed by atoms with Crippen molar-refractivity contribution in [3.63, 3.8) is 0 Å². The third kappa shape index (κ3) is 2.18. The summed E-state index contributed by atoms with van der Waals surface area (Å²) in [5, 5.41) is 21.4. The van der Waals surface area contributed by atoms with Gasteiger partial charge in [-0.25, -0.2) is 9.97 Å². The van der Waals surface area contributed by atoms with Crippen molar-refractivity contribution in [2.24, 2.45) is 0 Å². The highest BCUT2D eigenvalue weighted by Crippen LogP contribution is 2.13. The summed E-state index contributed by atoms with van der Waals surface area (Å²) in [6, 6.07) is 1.69. The van der Waals surface area contributed by atoms with E-state index in [9.17, 15) is 4.79 Å². The molecule has 18 heavy (non-hydrogen) atoms. The molecule has 2 heterocycles. The summed E-state index contributed by atoms with van der Waals surface area (Å²) >= 11 is 0. The van der Waals surface area contributed by atoms with Gasteiger partial charge in [0.15, 0.2) is 0 Å². The minimum atomic E-state index is -1.08. The number of H-pyrrole nitrogens is 1. The maximum atomic E-state index is 12.1. The molecule has 0 saturated carbocycles. The fraction of sp³-hybridized carbons (Fsp3) is 0.364. The topological polar surface area (TPSA) is 111 Å².